The number of rotatable bonds is 3. The van der Waals surface area contributed by atoms with E-state index in [0.29, 0.717) is 6.54 Å². The maximum absolute atomic E-state index is 12.0. The topological polar surface area (TPSA) is 45.5 Å². The van der Waals surface area contributed by atoms with Gasteiger partial charge in [0.05, 0.1) is 12.3 Å². The quantitative estimate of drug-likeness (QED) is 0.838. The van der Waals surface area contributed by atoms with Crippen LogP contribution in [-0.2, 0) is 11.3 Å². The fraction of sp³-hybridized carbons (Fsp3) is 0.583. The van der Waals surface area contributed by atoms with Crippen LogP contribution in [0.5, 0.6) is 0 Å². The molecule has 1 N–H and O–H groups in total. The van der Waals surface area contributed by atoms with Gasteiger partial charge in [0.1, 0.15) is 5.76 Å². The van der Waals surface area contributed by atoms with Crippen molar-refractivity contribution in [3.05, 3.63) is 23.7 Å². The third-order valence-corrected chi connectivity index (χ3v) is 3.11. The van der Waals surface area contributed by atoms with E-state index in [2.05, 4.69) is 5.32 Å². The molecule has 16 heavy (non-hydrogen) atoms. The molecular weight excluding hydrogens is 204 g/mol. The molecule has 0 aromatic carbocycles. The van der Waals surface area contributed by atoms with Crippen molar-refractivity contribution in [1.29, 1.82) is 0 Å². The fourth-order valence-electron chi connectivity index (χ4n) is 2.07. The van der Waals surface area contributed by atoms with Gasteiger partial charge in [-0.15, -0.1) is 0 Å². The summed E-state index contributed by atoms with van der Waals surface area (Å²) in [6, 6.07) is 1.93. The second-order valence-electron chi connectivity index (χ2n) is 4.35. The average Bonchev–Trinajstić information content (AvgIpc) is 2.89. The summed E-state index contributed by atoms with van der Waals surface area (Å²) in [6.07, 6.45) is 3.71. The number of likely N-dealkylation sites (N-methyl/N-ethyl adjacent to an activating group) is 1. The highest BCUT2D eigenvalue weighted by Crippen LogP contribution is 2.13. The maximum Gasteiger partial charge on any atom is 0.239 e. The Morgan fingerprint density at radius 2 is 2.50 bits per heavy atom. The molecule has 1 fully saturated rings. The van der Waals surface area contributed by atoms with Crippen molar-refractivity contribution in [2.45, 2.75) is 32.4 Å². The van der Waals surface area contributed by atoms with Gasteiger partial charge < -0.3 is 14.6 Å². The van der Waals surface area contributed by atoms with Gasteiger partial charge in [0.25, 0.3) is 0 Å². The Kier molecular flexibility index (Phi) is 3.29. The lowest BCUT2D eigenvalue weighted by atomic mass is 10.2. The molecule has 0 aliphatic carbocycles. The number of amides is 1. The average molecular weight is 222 g/mol. The monoisotopic (exact) mass is 222 g/mol. The standard InChI is InChI=1S/C12H18N2O2/c1-9-10(5-7-16-9)8-14(2)12(15)11-4-3-6-13-11/h5,7,11,13H,3-4,6,8H2,1-2H3/t11-/m1/s1. The smallest absolute Gasteiger partial charge is 0.239 e. The van der Waals surface area contributed by atoms with E-state index in [9.17, 15) is 4.79 Å². The summed E-state index contributed by atoms with van der Waals surface area (Å²) in [4.78, 5) is 13.8. The van der Waals surface area contributed by atoms with Gasteiger partial charge >= 0.3 is 0 Å². The summed E-state index contributed by atoms with van der Waals surface area (Å²) >= 11 is 0. The zero-order valence-electron chi connectivity index (χ0n) is 9.82. The predicted octanol–water partition coefficient (Wildman–Crippen LogP) is 1.30. The molecule has 1 aliphatic rings. The van der Waals surface area contributed by atoms with Crippen LogP contribution >= 0.6 is 0 Å². The van der Waals surface area contributed by atoms with E-state index < -0.39 is 0 Å². The second-order valence-corrected chi connectivity index (χ2v) is 4.35. The van der Waals surface area contributed by atoms with Crippen molar-refractivity contribution in [3.63, 3.8) is 0 Å². The van der Waals surface area contributed by atoms with E-state index in [1.807, 2.05) is 20.0 Å². The molecule has 0 radical (unpaired) electrons. The Bertz CT molecular complexity index is 367. The van der Waals surface area contributed by atoms with Crippen molar-refractivity contribution in [3.8, 4) is 0 Å². The van der Waals surface area contributed by atoms with Crippen molar-refractivity contribution < 1.29 is 9.21 Å². The Balaban J connectivity index is 1.94. The van der Waals surface area contributed by atoms with Gasteiger partial charge in [0, 0.05) is 19.2 Å². The number of hydrogen-bond donors (Lipinski definition) is 1. The summed E-state index contributed by atoms with van der Waals surface area (Å²) in [7, 11) is 1.84. The molecule has 1 aliphatic heterocycles. The third kappa shape index (κ3) is 2.27. The molecular formula is C12H18N2O2. The summed E-state index contributed by atoms with van der Waals surface area (Å²) < 4.78 is 5.22. The predicted molar refractivity (Wildman–Crippen MR) is 60.9 cm³/mol. The Morgan fingerprint density at radius 3 is 3.06 bits per heavy atom. The normalized spacial score (nSPS) is 20.0. The fourth-order valence-corrected chi connectivity index (χ4v) is 2.07. The van der Waals surface area contributed by atoms with E-state index in [4.69, 9.17) is 4.42 Å². The van der Waals surface area contributed by atoms with E-state index in [-0.39, 0.29) is 11.9 Å². The summed E-state index contributed by atoms with van der Waals surface area (Å²) in [5.74, 6) is 1.07. The molecule has 2 rings (SSSR count). The lowest BCUT2D eigenvalue weighted by Gasteiger charge is -2.20. The molecule has 2 heterocycles. The summed E-state index contributed by atoms with van der Waals surface area (Å²) in [5.41, 5.74) is 1.08. The van der Waals surface area contributed by atoms with Gasteiger partial charge in [-0.1, -0.05) is 0 Å². The lowest BCUT2D eigenvalue weighted by molar-refractivity contribution is -0.132. The molecule has 0 unspecified atom stereocenters. The SMILES string of the molecule is Cc1occc1CN(C)C(=O)[C@H]1CCCN1. The molecule has 88 valence electrons. The van der Waals surface area contributed by atoms with Crippen LogP contribution in [0.4, 0.5) is 0 Å². The Hall–Kier alpha value is -1.29. The molecule has 0 spiro atoms. The van der Waals surface area contributed by atoms with E-state index >= 15 is 0 Å². The molecule has 0 bridgehead atoms. The first-order valence-electron chi connectivity index (χ1n) is 5.70. The first-order valence-corrected chi connectivity index (χ1v) is 5.70. The van der Waals surface area contributed by atoms with Gasteiger partial charge in [-0.05, 0) is 32.4 Å². The molecule has 1 atom stereocenters. The van der Waals surface area contributed by atoms with Crippen LogP contribution in [0.25, 0.3) is 0 Å². The largest absolute Gasteiger partial charge is 0.469 e. The summed E-state index contributed by atoms with van der Waals surface area (Å²) in [6.45, 7) is 3.50. The third-order valence-electron chi connectivity index (χ3n) is 3.11. The zero-order chi connectivity index (χ0) is 11.5. The van der Waals surface area contributed by atoms with Crippen molar-refractivity contribution in [1.82, 2.24) is 10.2 Å². The highest BCUT2D eigenvalue weighted by atomic mass is 16.3. The van der Waals surface area contributed by atoms with Gasteiger partial charge in [-0.2, -0.15) is 0 Å². The van der Waals surface area contributed by atoms with E-state index in [1.165, 1.54) is 0 Å². The highest BCUT2D eigenvalue weighted by Gasteiger charge is 2.25. The number of furan rings is 1. The molecule has 4 nitrogen and oxygen atoms in total. The number of aryl methyl sites for hydroxylation is 1. The van der Waals surface area contributed by atoms with Crippen LogP contribution in [0.15, 0.2) is 16.7 Å². The zero-order valence-corrected chi connectivity index (χ0v) is 9.82. The second kappa shape index (κ2) is 4.70. The van der Waals surface area contributed by atoms with Gasteiger partial charge in [0.2, 0.25) is 5.91 Å². The van der Waals surface area contributed by atoms with Gasteiger partial charge in [-0.25, -0.2) is 0 Å². The van der Waals surface area contributed by atoms with Crippen molar-refractivity contribution in [2.24, 2.45) is 0 Å². The lowest BCUT2D eigenvalue weighted by Crippen LogP contribution is -2.41. The minimum atomic E-state index is 0.0113. The number of nitrogens with zero attached hydrogens (tertiary/aromatic N) is 1. The van der Waals surface area contributed by atoms with Crippen LogP contribution in [0.3, 0.4) is 0 Å². The highest BCUT2D eigenvalue weighted by molar-refractivity contribution is 5.81. The van der Waals surface area contributed by atoms with Gasteiger partial charge in [-0.3, -0.25) is 4.79 Å². The van der Waals surface area contributed by atoms with Crippen LogP contribution in [-0.4, -0.2) is 30.4 Å². The van der Waals surface area contributed by atoms with Crippen LogP contribution in [0, 0.1) is 6.92 Å². The molecule has 1 aromatic heterocycles. The van der Waals surface area contributed by atoms with E-state index in [1.54, 1.807) is 11.2 Å². The number of carbonyl (C=O) groups excluding carboxylic acids is 1. The minimum absolute atomic E-state index is 0.0113. The number of hydrogen-bond acceptors (Lipinski definition) is 3. The minimum Gasteiger partial charge on any atom is -0.469 e. The molecule has 1 aromatic rings. The first kappa shape index (κ1) is 11.2. The van der Waals surface area contributed by atoms with Crippen molar-refractivity contribution >= 4 is 5.91 Å². The van der Waals surface area contributed by atoms with Crippen LogP contribution < -0.4 is 5.32 Å². The Morgan fingerprint density at radius 1 is 1.69 bits per heavy atom. The molecule has 0 saturated carbocycles. The number of carbonyl (C=O) groups is 1. The maximum atomic E-state index is 12.0. The van der Waals surface area contributed by atoms with E-state index in [0.717, 1.165) is 30.7 Å². The molecule has 4 heteroatoms. The first-order chi connectivity index (χ1) is 7.68. The number of nitrogens with one attached hydrogen (secondary N) is 1. The summed E-state index contributed by atoms with van der Waals surface area (Å²) in [5, 5.41) is 3.22. The Labute approximate surface area is 95.6 Å². The molecule has 1 amide bonds. The molecule has 1 saturated heterocycles. The van der Waals surface area contributed by atoms with Crippen LogP contribution in [0.2, 0.25) is 0 Å². The van der Waals surface area contributed by atoms with Gasteiger partial charge in [0.15, 0.2) is 0 Å². The van der Waals surface area contributed by atoms with Crippen molar-refractivity contribution in [2.75, 3.05) is 13.6 Å². The van der Waals surface area contributed by atoms with Crippen LogP contribution in [0.1, 0.15) is 24.2 Å².